The summed E-state index contributed by atoms with van der Waals surface area (Å²) in [5.41, 5.74) is 3.80. The molecule has 1 atom stereocenters. The van der Waals surface area contributed by atoms with E-state index in [-0.39, 0.29) is 5.91 Å². The average molecular weight is 322 g/mol. The van der Waals surface area contributed by atoms with Crippen LogP contribution in [0.5, 0.6) is 5.75 Å². The summed E-state index contributed by atoms with van der Waals surface area (Å²) in [4.78, 5) is 12.4. The number of hydrogen-bond donors (Lipinski definition) is 1. The lowest BCUT2D eigenvalue weighted by molar-refractivity contribution is -0.122. The van der Waals surface area contributed by atoms with Crippen LogP contribution < -0.4 is 10.1 Å². The number of aryl methyl sites for hydroxylation is 2. The molecule has 0 aromatic heterocycles. The van der Waals surface area contributed by atoms with E-state index in [0.29, 0.717) is 18.5 Å². The minimum absolute atomic E-state index is 0.175. The molecule has 0 saturated carbocycles. The quantitative estimate of drug-likeness (QED) is 0.868. The molecule has 1 amide bonds. The summed E-state index contributed by atoms with van der Waals surface area (Å²) in [6, 6.07) is 15.3. The summed E-state index contributed by atoms with van der Waals surface area (Å²) in [5.74, 6) is 0.553. The molecule has 0 aliphatic heterocycles. The first-order chi connectivity index (χ1) is 11.5. The summed E-state index contributed by atoms with van der Waals surface area (Å²) in [6.45, 7) is 5.92. The van der Waals surface area contributed by atoms with Crippen molar-refractivity contribution in [3.05, 3.63) is 59.2 Å². The van der Waals surface area contributed by atoms with Gasteiger partial charge in [0.2, 0.25) is 0 Å². The molecular formula is C20H22N2O2. The number of carbonyl (C=O) groups excluding carboxylic acids is 1. The number of rotatable bonds is 6. The smallest absolute Gasteiger partial charge is 0.265 e. The lowest BCUT2D eigenvalue weighted by Gasteiger charge is -2.19. The Morgan fingerprint density at radius 3 is 2.50 bits per heavy atom. The second-order valence-electron chi connectivity index (χ2n) is 5.80. The van der Waals surface area contributed by atoms with Crippen LogP contribution in [-0.2, 0) is 11.2 Å². The van der Waals surface area contributed by atoms with Gasteiger partial charge in [0, 0.05) is 5.69 Å². The highest BCUT2D eigenvalue weighted by atomic mass is 16.5. The van der Waals surface area contributed by atoms with Gasteiger partial charge in [0.1, 0.15) is 5.75 Å². The standard InChI is InChI=1S/C20H22N2O2/c1-4-18(24-19-10-5-14(2)13-15(19)3)20(23)22-17-8-6-16(7-9-17)11-12-21/h5-10,13,18H,4,11H2,1-3H3,(H,22,23)/t18-/m1/s1. The average Bonchev–Trinajstić information content (AvgIpc) is 2.56. The van der Waals surface area contributed by atoms with Gasteiger partial charge in [-0.3, -0.25) is 4.79 Å². The fourth-order valence-corrected chi connectivity index (χ4v) is 2.43. The number of ether oxygens (including phenoxy) is 1. The van der Waals surface area contributed by atoms with Crippen LogP contribution in [0.25, 0.3) is 0 Å². The third-order valence-corrected chi connectivity index (χ3v) is 3.77. The monoisotopic (exact) mass is 322 g/mol. The van der Waals surface area contributed by atoms with Crippen molar-refractivity contribution < 1.29 is 9.53 Å². The van der Waals surface area contributed by atoms with Crippen molar-refractivity contribution in [2.24, 2.45) is 0 Å². The van der Waals surface area contributed by atoms with Gasteiger partial charge in [-0.05, 0) is 49.6 Å². The van der Waals surface area contributed by atoms with Gasteiger partial charge in [-0.25, -0.2) is 0 Å². The van der Waals surface area contributed by atoms with E-state index in [9.17, 15) is 4.79 Å². The lowest BCUT2D eigenvalue weighted by atomic mass is 10.1. The number of nitrogens with one attached hydrogen (secondary N) is 1. The van der Waals surface area contributed by atoms with Crippen molar-refractivity contribution in [3.8, 4) is 11.8 Å². The van der Waals surface area contributed by atoms with Gasteiger partial charge in [-0.1, -0.05) is 36.8 Å². The second-order valence-corrected chi connectivity index (χ2v) is 5.80. The number of anilines is 1. The summed E-state index contributed by atoms with van der Waals surface area (Å²) < 4.78 is 5.89. The van der Waals surface area contributed by atoms with Gasteiger partial charge in [0.15, 0.2) is 6.10 Å². The molecule has 0 fully saturated rings. The molecule has 0 spiro atoms. The maximum absolute atomic E-state index is 12.4. The summed E-state index contributed by atoms with van der Waals surface area (Å²) in [7, 11) is 0. The number of hydrogen-bond acceptors (Lipinski definition) is 3. The van der Waals surface area contributed by atoms with Gasteiger partial charge in [-0.15, -0.1) is 0 Å². The molecule has 0 saturated heterocycles. The fourth-order valence-electron chi connectivity index (χ4n) is 2.43. The largest absolute Gasteiger partial charge is 0.480 e. The first-order valence-electron chi connectivity index (χ1n) is 8.04. The molecule has 0 heterocycles. The summed E-state index contributed by atoms with van der Waals surface area (Å²) in [6.07, 6.45) is 0.387. The van der Waals surface area contributed by atoms with Gasteiger partial charge < -0.3 is 10.1 Å². The minimum Gasteiger partial charge on any atom is -0.480 e. The van der Waals surface area contributed by atoms with Crippen LogP contribution in [0.2, 0.25) is 0 Å². The molecule has 2 aromatic rings. The molecule has 0 aliphatic carbocycles. The normalized spacial score (nSPS) is 11.4. The van der Waals surface area contributed by atoms with E-state index in [1.54, 1.807) is 12.1 Å². The predicted octanol–water partition coefficient (Wildman–Crippen LogP) is 4.17. The molecule has 0 bridgehead atoms. The molecule has 0 aliphatic rings. The Morgan fingerprint density at radius 1 is 1.21 bits per heavy atom. The second kappa shape index (κ2) is 8.16. The molecular weight excluding hydrogens is 300 g/mol. The van der Waals surface area contributed by atoms with E-state index in [1.165, 1.54) is 0 Å². The van der Waals surface area contributed by atoms with Gasteiger partial charge in [0.25, 0.3) is 5.91 Å². The molecule has 0 radical (unpaired) electrons. The number of benzene rings is 2. The highest BCUT2D eigenvalue weighted by Gasteiger charge is 2.19. The van der Waals surface area contributed by atoms with E-state index in [1.807, 2.05) is 51.1 Å². The highest BCUT2D eigenvalue weighted by Crippen LogP contribution is 2.21. The van der Waals surface area contributed by atoms with Crippen LogP contribution in [0.1, 0.15) is 30.0 Å². The number of nitrogens with zero attached hydrogens (tertiary/aromatic N) is 1. The topological polar surface area (TPSA) is 62.1 Å². The molecule has 2 aromatic carbocycles. The maximum Gasteiger partial charge on any atom is 0.265 e. The fraction of sp³-hybridized carbons (Fsp3) is 0.300. The SMILES string of the molecule is CC[C@@H](Oc1ccc(C)cc1C)C(=O)Nc1ccc(CC#N)cc1. The number of amides is 1. The summed E-state index contributed by atoms with van der Waals surface area (Å²) >= 11 is 0. The predicted molar refractivity (Wildman–Crippen MR) is 95.0 cm³/mol. The van der Waals surface area contributed by atoms with E-state index >= 15 is 0 Å². The van der Waals surface area contributed by atoms with Crippen molar-refractivity contribution >= 4 is 11.6 Å². The van der Waals surface area contributed by atoms with Crippen LogP contribution in [0.15, 0.2) is 42.5 Å². The van der Waals surface area contributed by atoms with E-state index in [2.05, 4.69) is 11.4 Å². The maximum atomic E-state index is 12.4. The molecule has 24 heavy (non-hydrogen) atoms. The number of carbonyl (C=O) groups is 1. The Labute approximate surface area is 143 Å². The van der Waals surface area contributed by atoms with Crippen LogP contribution in [0, 0.1) is 25.2 Å². The van der Waals surface area contributed by atoms with Crippen molar-refractivity contribution in [1.82, 2.24) is 0 Å². The van der Waals surface area contributed by atoms with E-state index < -0.39 is 6.10 Å². The minimum atomic E-state index is -0.551. The van der Waals surface area contributed by atoms with Crippen molar-refractivity contribution in [1.29, 1.82) is 5.26 Å². The molecule has 1 N–H and O–H groups in total. The molecule has 124 valence electrons. The Bertz CT molecular complexity index is 745. The molecule has 4 nitrogen and oxygen atoms in total. The zero-order valence-electron chi connectivity index (χ0n) is 14.3. The third-order valence-electron chi connectivity index (χ3n) is 3.77. The molecule has 0 unspecified atom stereocenters. The third kappa shape index (κ3) is 4.60. The Balaban J connectivity index is 2.04. The zero-order valence-corrected chi connectivity index (χ0v) is 14.3. The van der Waals surface area contributed by atoms with Gasteiger partial charge in [-0.2, -0.15) is 5.26 Å². The van der Waals surface area contributed by atoms with Gasteiger partial charge >= 0.3 is 0 Å². The van der Waals surface area contributed by atoms with Crippen LogP contribution in [-0.4, -0.2) is 12.0 Å². The van der Waals surface area contributed by atoms with Crippen LogP contribution in [0.3, 0.4) is 0 Å². The highest BCUT2D eigenvalue weighted by molar-refractivity contribution is 5.94. The molecule has 4 heteroatoms. The first kappa shape index (κ1) is 17.6. The first-order valence-corrected chi connectivity index (χ1v) is 8.04. The number of nitriles is 1. The van der Waals surface area contributed by atoms with Gasteiger partial charge in [0.05, 0.1) is 12.5 Å². The van der Waals surface area contributed by atoms with Crippen molar-refractivity contribution in [2.75, 3.05) is 5.32 Å². The molecule has 2 rings (SSSR count). The Morgan fingerprint density at radius 2 is 1.92 bits per heavy atom. The Hall–Kier alpha value is -2.80. The van der Waals surface area contributed by atoms with Crippen LogP contribution in [0.4, 0.5) is 5.69 Å². The van der Waals surface area contributed by atoms with Crippen molar-refractivity contribution in [3.63, 3.8) is 0 Å². The van der Waals surface area contributed by atoms with E-state index in [0.717, 1.165) is 22.4 Å². The lowest BCUT2D eigenvalue weighted by Crippen LogP contribution is -2.32. The van der Waals surface area contributed by atoms with Crippen LogP contribution >= 0.6 is 0 Å². The zero-order chi connectivity index (χ0) is 17.5. The summed E-state index contributed by atoms with van der Waals surface area (Å²) in [5, 5.41) is 11.5. The Kier molecular flexibility index (Phi) is 5.97. The van der Waals surface area contributed by atoms with E-state index in [4.69, 9.17) is 10.00 Å². The van der Waals surface area contributed by atoms with Crippen molar-refractivity contribution in [2.45, 2.75) is 39.7 Å².